The summed E-state index contributed by atoms with van der Waals surface area (Å²) in [6, 6.07) is 8.14. The number of hydrogen-bond donors (Lipinski definition) is 6. The maximum absolute atomic E-state index is 15.3. The SMILES string of the molecule is CN1CCN(C2CCC(n3cc(-c4ccc(NS(=O)(=O)c5ccc(Cl)s5)c(F)c4)c4c(N)ncnc43)CC2)CC1.O=C(O)/C=C\C(=O)O.O=C(O)/C=C\C(=O)O. The summed E-state index contributed by atoms with van der Waals surface area (Å²) in [5.41, 5.74) is 8.17. The van der Waals surface area contributed by atoms with Gasteiger partial charge in [0.05, 0.1) is 15.4 Å². The Balaban J connectivity index is 0.000000366. The van der Waals surface area contributed by atoms with Crippen molar-refractivity contribution in [3.8, 4) is 11.1 Å². The Bertz CT molecular complexity index is 2160. The first kappa shape index (κ1) is 43.3. The molecule has 21 heteroatoms. The van der Waals surface area contributed by atoms with Crippen LogP contribution >= 0.6 is 22.9 Å². The van der Waals surface area contributed by atoms with Crippen molar-refractivity contribution in [2.75, 3.05) is 43.7 Å². The minimum absolute atomic E-state index is 0.0105. The van der Waals surface area contributed by atoms with Gasteiger partial charge in [-0.1, -0.05) is 17.7 Å². The van der Waals surface area contributed by atoms with E-state index in [1.54, 1.807) is 6.07 Å². The van der Waals surface area contributed by atoms with E-state index in [9.17, 15) is 27.6 Å². The molecule has 17 nitrogen and oxygen atoms in total. The number of fused-ring (bicyclic) bond motifs is 1. The fourth-order valence-corrected chi connectivity index (χ4v) is 8.73. The number of benzene rings is 1. The second-order valence-corrected chi connectivity index (χ2v) is 16.2. The molecule has 1 aliphatic heterocycles. The summed E-state index contributed by atoms with van der Waals surface area (Å²) in [6.07, 6.45) is 9.95. The monoisotopic (exact) mass is 835 g/mol. The third kappa shape index (κ3) is 12.0. The molecule has 0 spiro atoms. The third-order valence-electron chi connectivity index (χ3n) is 8.83. The van der Waals surface area contributed by atoms with Crippen molar-refractivity contribution in [3.63, 3.8) is 0 Å². The number of aliphatic carboxylic acids is 4. The van der Waals surface area contributed by atoms with Crippen LogP contribution in [-0.4, -0.2) is 116 Å². The highest BCUT2D eigenvalue weighted by molar-refractivity contribution is 7.94. The summed E-state index contributed by atoms with van der Waals surface area (Å²) in [7, 11) is -1.79. The van der Waals surface area contributed by atoms with E-state index >= 15 is 4.39 Å². The van der Waals surface area contributed by atoms with Gasteiger partial charge in [0, 0.05) is 74.3 Å². The summed E-state index contributed by atoms with van der Waals surface area (Å²) in [4.78, 5) is 52.0. The molecule has 2 aliphatic rings. The first-order valence-corrected chi connectivity index (χ1v) is 19.5. The van der Waals surface area contributed by atoms with Crippen LogP contribution in [0.1, 0.15) is 31.7 Å². The first-order valence-electron chi connectivity index (χ1n) is 16.8. The fraction of sp³-hybridized carbons (Fsp3) is 0.314. The summed E-state index contributed by atoms with van der Waals surface area (Å²) in [6.45, 7) is 4.46. The van der Waals surface area contributed by atoms with Crippen LogP contribution in [0.3, 0.4) is 0 Å². The number of thiophene rings is 1. The number of nitrogens with two attached hydrogens (primary N) is 1. The molecule has 1 aliphatic carbocycles. The van der Waals surface area contributed by atoms with Gasteiger partial charge in [0.2, 0.25) is 0 Å². The zero-order valence-corrected chi connectivity index (χ0v) is 32.2. The van der Waals surface area contributed by atoms with Crippen molar-refractivity contribution < 1.29 is 52.4 Å². The number of nitrogens with zero attached hydrogens (tertiary/aromatic N) is 5. The van der Waals surface area contributed by atoms with Crippen LogP contribution < -0.4 is 10.5 Å². The molecule has 300 valence electrons. The summed E-state index contributed by atoms with van der Waals surface area (Å²) >= 11 is 6.79. The first-order chi connectivity index (χ1) is 26.4. The maximum Gasteiger partial charge on any atom is 0.328 e. The molecule has 0 atom stereocenters. The third-order valence-corrected chi connectivity index (χ3v) is 11.9. The number of carboxylic acid groups (broad SMARTS) is 4. The summed E-state index contributed by atoms with van der Waals surface area (Å²) in [5, 5.41) is 31.9. The molecular weight excluding hydrogens is 797 g/mol. The van der Waals surface area contributed by atoms with E-state index < -0.39 is 39.7 Å². The number of nitrogen functional groups attached to an aromatic ring is 1. The minimum atomic E-state index is -3.97. The van der Waals surface area contributed by atoms with Gasteiger partial charge in [-0.05, 0) is 62.6 Å². The standard InChI is InChI=1S/C27H31ClFN7O2S2.2C4H4O4/c1-34-10-12-35(13-11-34)18-3-5-19(6-4-18)36-15-20(25-26(30)31-16-32-27(25)36)17-2-7-22(21(29)14-17)33-40(37,38)24-9-8-23(28)39-24;2*5-3(6)1-2-4(7)8/h2,7-9,14-16,18-19,33H,3-6,10-13H2,1H3,(H2,30,31,32);2*1-2H,(H,5,6)(H,7,8)/b;2*2-1-. The molecule has 1 aromatic carbocycles. The van der Waals surface area contributed by atoms with E-state index in [2.05, 4.69) is 36.1 Å². The van der Waals surface area contributed by atoms with Crippen molar-refractivity contribution in [2.24, 2.45) is 0 Å². The zero-order chi connectivity index (χ0) is 41.2. The number of likely N-dealkylation sites (N-methyl/N-ethyl adjacent to an activating group) is 1. The predicted octanol–water partition coefficient (Wildman–Crippen LogP) is 4.49. The average molecular weight is 836 g/mol. The average Bonchev–Trinajstić information content (AvgIpc) is 3.77. The van der Waals surface area contributed by atoms with Crippen LogP contribution in [0, 0.1) is 5.82 Å². The van der Waals surface area contributed by atoms with Crippen molar-refractivity contribution in [3.05, 3.63) is 77.3 Å². The molecule has 4 heterocycles. The van der Waals surface area contributed by atoms with Crippen LogP contribution in [0.5, 0.6) is 0 Å². The smallest absolute Gasteiger partial charge is 0.328 e. The Labute approximate surface area is 329 Å². The van der Waals surface area contributed by atoms with Gasteiger partial charge in [-0.15, -0.1) is 11.3 Å². The van der Waals surface area contributed by atoms with Crippen LogP contribution in [-0.2, 0) is 29.2 Å². The van der Waals surface area contributed by atoms with Crippen molar-refractivity contribution in [1.82, 2.24) is 24.3 Å². The number of carbonyl (C=O) groups is 4. The normalized spacial score (nSPS) is 17.8. The van der Waals surface area contributed by atoms with Crippen LogP contribution in [0.4, 0.5) is 15.9 Å². The second kappa shape index (κ2) is 19.4. The Morgan fingerprint density at radius 3 is 1.93 bits per heavy atom. The van der Waals surface area contributed by atoms with Crippen molar-refractivity contribution in [1.29, 1.82) is 0 Å². The van der Waals surface area contributed by atoms with E-state index in [0.29, 0.717) is 57.0 Å². The lowest BCUT2D eigenvalue weighted by atomic mass is 9.89. The molecule has 0 radical (unpaired) electrons. The molecule has 3 aromatic heterocycles. The lowest BCUT2D eigenvalue weighted by Gasteiger charge is -2.41. The quantitative estimate of drug-likeness (QED) is 0.120. The topological polar surface area (TPSA) is 259 Å². The number of halogens is 2. The highest BCUT2D eigenvalue weighted by atomic mass is 35.5. The molecule has 0 bridgehead atoms. The molecule has 1 saturated heterocycles. The minimum Gasteiger partial charge on any atom is -0.478 e. The molecule has 0 amide bonds. The van der Waals surface area contributed by atoms with Gasteiger partial charge in [-0.25, -0.2) is 42.0 Å². The van der Waals surface area contributed by atoms with Crippen molar-refractivity contribution in [2.45, 2.75) is 42.0 Å². The summed E-state index contributed by atoms with van der Waals surface area (Å²) < 4.78 is 45.5. The lowest BCUT2D eigenvalue weighted by molar-refractivity contribution is -0.134. The fourth-order valence-electron chi connectivity index (χ4n) is 6.18. The number of piperazine rings is 1. The molecule has 0 unspecified atom stereocenters. The number of carboxylic acids is 4. The molecule has 4 aromatic rings. The number of hydrogen-bond acceptors (Lipinski definition) is 12. The highest BCUT2D eigenvalue weighted by Crippen LogP contribution is 2.40. The molecular formula is C35H39ClFN7O10S2. The van der Waals surface area contributed by atoms with E-state index in [1.807, 2.05) is 6.20 Å². The van der Waals surface area contributed by atoms with E-state index in [-0.39, 0.29) is 15.9 Å². The highest BCUT2D eigenvalue weighted by Gasteiger charge is 2.30. The van der Waals surface area contributed by atoms with Crippen molar-refractivity contribution >= 4 is 79.4 Å². The van der Waals surface area contributed by atoms with E-state index in [4.69, 9.17) is 37.8 Å². The zero-order valence-electron chi connectivity index (χ0n) is 29.8. The second-order valence-electron chi connectivity index (χ2n) is 12.6. The molecule has 6 rings (SSSR count). The van der Waals surface area contributed by atoms with Gasteiger partial charge < -0.3 is 35.6 Å². The Kier molecular flexibility index (Phi) is 15.0. The molecule has 1 saturated carbocycles. The van der Waals surface area contributed by atoms with Crippen LogP contribution in [0.15, 0.2) is 71.4 Å². The van der Waals surface area contributed by atoms with E-state index in [1.165, 1.54) is 30.6 Å². The van der Waals surface area contributed by atoms with Gasteiger partial charge >= 0.3 is 23.9 Å². The van der Waals surface area contributed by atoms with Gasteiger partial charge in [0.25, 0.3) is 10.0 Å². The van der Waals surface area contributed by atoms with Gasteiger partial charge in [-0.2, -0.15) is 0 Å². The number of aromatic nitrogens is 3. The Morgan fingerprint density at radius 1 is 0.875 bits per heavy atom. The van der Waals surface area contributed by atoms with Gasteiger partial charge in [0.1, 0.15) is 27.8 Å². The van der Waals surface area contributed by atoms with Crippen LogP contribution in [0.2, 0.25) is 4.34 Å². The molecule has 2 fully saturated rings. The number of rotatable bonds is 10. The number of nitrogens with one attached hydrogen (secondary N) is 1. The number of sulfonamides is 1. The molecule has 7 N–H and O–H groups in total. The summed E-state index contributed by atoms with van der Waals surface area (Å²) in [5.74, 6) is -5.41. The maximum atomic E-state index is 15.3. The van der Waals surface area contributed by atoms with Gasteiger partial charge in [0.15, 0.2) is 0 Å². The van der Waals surface area contributed by atoms with Crippen LogP contribution in [0.25, 0.3) is 22.2 Å². The Morgan fingerprint density at radius 2 is 1.43 bits per heavy atom. The molecule has 56 heavy (non-hydrogen) atoms. The Hall–Kier alpha value is -5.41. The van der Waals surface area contributed by atoms with E-state index in [0.717, 1.165) is 68.8 Å². The predicted molar refractivity (Wildman–Crippen MR) is 207 cm³/mol. The number of anilines is 2. The largest absolute Gasteiger partial charge is 0.478 e. The van der Waals surface area contributed by atoms with Gasteiger partial charge in [-0.3, -0.25) is 9.62 Å². The lowest BCUT2D eigenvalue weighted by Crippen LogP contribution is -2.49.